The molecule has 0 fully saturated rings. The van der Waals surface area contributed by atoms with Crippen molar-refractivity contribution in [3.8, 4) is 11.5 Å². The highest BCUT2D eigenvalue weighted by atomic mass is 127. The van der Waals surface area contributed by atoms with Crippen LogP contribution < -0.4 is 9.47 Å². The van der Waals surface area contributed by atoms with Crippen LogP contribution in [0.5, 0.6) is 11.5 Å². The Labute approximate surface area is 257 Å². The lowest BCUT2D eigenvalue weighted by Gasteiger charge is -2.21. The molecule has 0 aromatic heterocycles. The quantitative estimate of drug-likeness (QED) is 0.126. The van der Waals surface area contributed by atoms with Gasteiger partial charge in [0, 0.05) is 10.7 Å². The molecular weight excluding hydrogens is 863 g/mol. The first-order chi connectivity index (χ1) is 17.7. The lowest BCUT2D eigenvalue weighted by Crippen LogP contribution is -2.40. The maximum atomic E-state index is 14.0. The van der Waals surface area contributed by atoms with E-state index in [1.165, 1.54) is 12.1 Å². The molecule has 0 unspecified atom stereocenters. The monoisotopic (exact) mass is 880 g/mol. The summed E-state index contributed by atoms with van der Waals surface area (Å²) in [5.74, 6) is -4.31. The molecule has 1 N–H and O–H groups in total. The molecule has 38 heavy (non-hydrogen) atoms. The summed E-state index contributed by atoms with van der Waals surface area (Å²) >= 11 is 6.21. The van der Waals surface area contributed by atoms with E-state index in [9.17, 15) is 26.8 Å². The van der Waals surface area contributed by atoms with Gasteiger partial charge in [-0.15, -0.1) is 0 Å². The zero-order chi connectivity index (χ0) is 28.0. The van der Waals surface area contributed by atoms with Crippen LogP contribution in [0.25, 0.3) is 16.8 Å². The second kappa shape index (κ2) is 11.2. The van der Waals surface area contributed by atoms with Crippen molar-refractivity contribution in [2.24, 2.45) is 0 Å². The fraction of sp³-hybridized carbons (Fsp3) is 0.200. The topological polar surface area (TPSA) is 107 Å². The lowest BCUT2D eigenvalue weighted by molar-refractivity contribution is -0.151. The number of hydrogen-bond donors (Lipinski definition) is 1. The third-order valence-corrected chi connectivity index (χ3v) is 10.6. The van der Waals surface area contributed by atoms with E-state index in [1.807, 2.05) is 51.2 Å². The molecule has 0 heterocycles. The van der Waals surface area contributed by atoms with Crippen LogP contribution in [-0.4, -0.2) is 30.2 Å². The Morgan fingerprint density at radius 2 is 1.63 bits per heavy atom. The van der Waals surface area contributed by atoms with Crippen molar-refractivity contribution in [2.75, 3.05) is 0 Å². The average Bonchev–Trinajstić information content (AvgIpc) is 2.84. The Morgan fingerprint density at radius 1 is 0.974 bits per heavy atom. The molecule has 0 radical (unpaired) electrons. The zero-order valence-corrected chi connectivity index (χ0v) is 26.5. The Bertz CT molecular complexity index is 1620. The summed E-state index contributed by atoms with van der Waals surface area (Å²) < 4.78 is 71.6. The minimum Gasteiger partial charge on any atom is -0.419 e. The Balaban J connectivity index is 1.85. The second-order valence-corrected chi connectivity index (χ2v) is 13.3. The van der Waals surface area contributed by atoms with Crippen LogP contribution in [0, 0.1) is 10.7 Å². The van der Waals surface area contributed by atoms with Gasteiger partial charge in [-0.05, 0) is 151 Å². The molecule has 0 saturated carbocycles. The van der Waals surface area contributed by atoms with E-state index in [-0.39, 0.29) is 5.75 Å². The highest BCUT2D eigenvalue weighted by Crippen LogP contribution is 2.39. The predicted octanol–water partition coefficient (Wildman–Crippen LogP) is 6.78. The van der Waals surface area contributed by atoms with Gasteiger partial charge in [0.25, 0.3) is 0 Å². The van der Waals surface area contributed by atoms with Gasteiger partial charge < -0.3 is 9.47 Å². The van der Waals surface area contributed by atoms with E-state index in [0.29, 0.717) is 35.5 Å². The Hall–Kier alpha value is -1.44. The molecule has 200 valence electrons. The van der Waals surface area contributed by atoms with Crippen LogP contribution in [0.3, 0.4) is 0 Å². The summed E-state index contributed by atoms with van der Waals surface area (Å²) in [4.78, 5) is 25.6. The van der Waals surface area contributed by atoms with Crippen molar-refractivity contribution in [1.82, 2.24) is 0 Å². The first-order valence-corrected chi connectivity index (χ1v) is 15.6. The van der Waals surface area contributed by atoms with Crippen molar-refractivity contribution < 1.29 is 40.8 Å². The maximum absolute atomic E-state index is 14.0. The second-order valence-electron chi connectivity index (χ2n) is 8.39. The molecule has 3 aromatic rings. The molecular formula is C25H17F2I3O7S. The Kier molecular flexibility index (Phi) is 8.71. The SMILES string of the molecule is C=Cc1cc(I)c2cc(OC(=O)c3c(I)c(I)cc4c3CCCC4)c(OC(=O)C(F)(F)S(=O)(=O)O)cc2c1. The summed E-state index contributed by atoms with van der Waals surface area (Å²) in [6.07, 6.45) is 4.88. The molecule has 0 amide bonds. The number of fused-ring (bicyclic) bond motifs is 2. The molecule has 0 atom stereocenters. The van der Waals surface area contributed by atoms with E-state index < -0.39 is 33.1 Å². The van der Waals surface area contributed by atoms with Gasteiger partial charge in [0.1, 0.15) is 0 Å². The number of hydrogen-bond acceptors (Lipinski definition) is 6. The third kappa shape index (κ3) is 5.71. The first-order valence-electron chi connectivity index (χ1n) is 10.9. The van der Waals surface area contributed by atoms with Gasteiger partial charge in [-0.2, -0.15) is 17.2 Å². The van der Waals surface area contributed by atoms with Gasteiger partial charge >= 0.3 is 27.3 Å². The molecule has 7 nitrogen and oxygen atoms in total. The minimum atomic E-state index is -6.11. The Morgan fingerprint density at radius 3 is 2.29 bits per heavy atom. The van der Waals surface area contributed by atoms with E-state index in [1.54, 1.807) is 18.2 Å². The summed E-state index contributed by atoms with van der Waals surface area (Å²) in [5, 5.41) is -4.27. The number of ether oxygens (including phenoxy) is 2. The van der Waals surface area contributed by atoms with Gasteiger partial charge in [0.15, 0.2) is 11.5 Å². The molecule has 4 rings (SSSR count). The van der Waals surface area contributed by atoms with Crippen molar-refractivity contribution in [2.45, 2.75) is 30.9 Å². The first kappa shape index (κ1) is 29.5. The van der Waals surface area contributed by atoms with Crippen LogP contribution in [-0.2, 0) is 27.8 Å². The van der Waals surface area contributed by atoms with Crippen molar-refractivity contribution in [3.63, 3.8) is 0 Å². The lowest BCUT2D eigenvalue weighted by atomic mass is 9.88. The van der Waals surface area contributed by atoms with E-state index in [0.717, 1.165) is 34.0 Å². The number of alkyl halides is 2. The molecule has 1 aliphatic rings. The van der Waals surface area contributed by atoms with Crippen molar-refractivity contribution in [3.05, 3.63) is 69.9 Å². The molecule has 0 bridgehead atoms. The summed E-state index contributed by atoms with van der Waals surface area (Å²) in [5.41, 5.74) is 2.88. The predicted molar refractivity (Wildman–Crippen MR) is 162 cm³/mol. The zero-order valence-electron chi connectivity index (χ0n) is 19.2. The molecule has 0 saturated heterocycles. The van der Waals surface area contributed by atoms with Crippen molar-refractivity contribution in [1.29, 1.82) is 0 Å². The van der Waals surface area contributed by atoms with E-state index >= 15 is 0 Å². The summed E-state index contributed by atoms with van der Waals surface area (Å²) in [6, 6.07) is 7.98. The number of aryl methyl sites for hydroxylation is 1. The summed E-state index contributed by atoms with van der Waals surface area (Å²) in [6.45, 7) is 3.70. The van der Waals surface area contributed by atoms with Crippen LogP contribution in [0.15, 0.2) is 36.9 Å². The average molecular weight is 880 g/mol. The van der Waals surface area contributed by atoms with Gasteiger partial charge in [0.2, 0.25) is 0 Å². The number of carbonyl (C=O) groups is 2. The number of benzene rings is 3. The molecule has 0 spiro atoms. The number of halogens is 5. The molecule has 1 aliphatic carbocycles. The van der Waals surface area contributed by atoms with Crippen LogP contribution in [0.4, 0.5) is 8.78 Å². The van der Waals surface area contributed by atoms with Crippen LogP contribution in [0.2, 0.25) is 0 Å². The molecule has 3 aromatic carbocycles. The van der Waals surface area contributed by atoms with Gasteiger partial charge in [-0.1, -0.05) is 12.7 Å². The minimum absolute atomic E-state index is 0.338. The fourth-order valence-corrected chi connectivity index (χ4v) is 6.52. The van der Waals surface area contributed by atoms with Gasteiger partial charge in [0.05, 0.1) is 5.56 Å². The van der Waals surface area contributed by atoms with Gasteiger partial charge in [-0.3, -0.25) is 4.55 Å². The van der Waals surface area contributed by atoms with Crippen molar-refractivity contribution >= 4 is 107 Å². The standard InChI is InChI=1S/C25H17F2I3O7S/c1-2-12-7-14-10-19(37-24(32)25(26,27)38(33,34)35)20(11-16(14)17(28)8-12)36-23(31)21-15-6-4-3-5-13(15)9-18(29)22(21)30/h2,7-11H,1,3-6H2,(H,33,34,35). The van der Waals surface area contributed by atoms with Crippen LogP contribution >= 0.6 is 67.8 Å². The maximum Gasteiger partial charge on any atom is 0.466 e. The summed E-state index contributed by atoms with van der Waals surface area (Å²) in [7, 11) is -6.11. The number of esters is 2. The number of carbonyl (C=O) groups excluding carboxylic acids is 2. The molecule has 13 heteroatoms. The van der Waals surface area contributed by atoms with E-state index in [2.05, 4.69) is 29.2 Å². The normalized spacial score (nSPS) is 13.6. The van der Waals surface area contributed by atoms with Gasteiger partial charge in [-0.25, -0.2) is 9.59 Å². The molecule has 0 aliphatic heterocycles. The van der Waals surface area contributed by atoms with Crippen LogP contribution in [0.1, 0.15) is 39.9 Å². The third-order valence-electron chi connectivity index (χ3n) is 5.94. The van der Waals surface area contributed by atoms with E-state index in [4.69, 9.17) is 14.0 Å². The highest BCUT2D eigenvalue weighted by Gasteiger charge is 2.54. The number of rotatable bonds is 6. The fourth-order valence-electron chi connectivity index (χ4n) is 4.09. The highest BCUT2D eigenvalue weighted by molar-refractivity contribution is 14.1. The largest absolute Gasteiger partial charge is 0.466 e. The smallest absolute Gasteiger partial charge is 0.419 e.